The standard InChI is InChI=1S/C16H22N4.2C2HF3O2/c1-3-10-17-14(5-1)7-8-16-6-2-4-12-20(16)13-15-9-11-18-19-15;2*3-2(4,5)1(6)7/h1,3,5,9-11,16H,2,4,6-8,12-13H2,(H,18,19);2*(H,6,7). The molecule has 1 saturated heterocycles. The summed E-state index contributed by atoms with van der Waals surface area (Å²) in [7, 11) is 0. The van der Waals surface area contributed by atoms with Gasteiger partial charge in [0.1, 0.15) is 0 Å². The normalized spacial score (nSPS) is 16.5. The Morgan fingerprint density at radius 1 is 1.00 bits per heavy atom. The summed E-state index contributed by atoms with van der Waals surface area (Å²) in [5.41, 5.74) is 2.43. The molecule has 0 aromatic carbocycles. The highest BCUT2D eigenvalue weighted by atomic mass is 19.4. The first-order valence-electron chi connectivity index (χ1n) is 10.0. The highest BCUT2D eigenvalue weighted by Gasteiger charge is 2.38. The van der Waals surface area contributed by atoms with Gasteiger partial charge in [-0.25, -0.2) is 9.59 Å². The first kappa shape index (κ1) is 28.9. The van der Waals surface area contributed by atoms with Crippen LogP contribution in [-0.2, 0) is 22.6 Å². The third-order valence-corrected chi connectivity index (χ3v) is 4.63. The number of hydrogen-bond acceptors (Lipinski definition) is 5. The average molecular weight is 498 g/mol. The molecule has 34 heavy (non-hydrogen) atoms. The van der Waals surface area contributed by atoms with Gasteiger partial charge in [-0.1, -0.05) is 12.5 Å². The van der Waals surface area contributed by atoms with Crippen molar-refractivity contribution in [2.24, 2.45) is 0 Å². The second-order valence-electron chi connectivity index (χ2n) is 7.17. The summed E-state index contributed by atoms with van der Waals surface area (Å²) in [6, 6.07) is 8.93. The Hall–Kier alpha value is -3.16. The van der Waals surface area contributed by atoms with E-state index in [1.807, 2.05) is 18.5 Å². The molecule has 0 aliphatic carbocycles. The summed E-state index contributed by atoms with van der Waals surface area (Å²) in [5.74, 6) is -5.51. The van der Waals surface area contributed by atoms with E-state index in [0.29, 0.717) is 6.04 Å². The zero-order chi connectivity index (χ0) is 25.8. The largest absolute Gasteiger partial charge is 0.490 e. The maximum Gasteiger partial charge on any atom is 0.490 e. The number of pyridine rings is 1. The molecule has 1 fully saturated rings. The highest BCUT2D eigenvalue weighted by Crippen LogP contribution is 2.22. The Morgan fingerprint density at radius 3 is 2.09 bits per heavy atom. The molecule has 3 heterocycles. The molecule has 1 aliphatic heterocycles. The minimum Gasteiger partial charge on any atom is -0.475 e. The number of likely N-dealkylation sites (tertiary alicyclic amines) is 1. The molecule has 0 amide bonds. The number of halogens is 6. The number of rotatable bonds is 5. The number of aromatic nitrogens is 3. The molecule has 14 heteroatoms. The van der Waals surface area contributed by atoms with Crippen molar-refractivity contribution < 1.29 is 46.1 Å². The number of carboxylic acid groups (broad SMARTS) is 2. The van der Waals surface area contributed by atoms with Crippen molar-refractivity contribution in [3.8, 4) is 0 Å². The van der Waals surface area contributed by atoms with Crippen LogP contribution in [-0.4, -0.2) is 67.2 Å². The van der Waals surface area contributed by atoms with Gasteiger partial charge in [-0.15, -0.1) is 0 Å². The summed E-state index contributed by atoms with van der Waals surface area (Å²) in [6.45, 7) is 2.19. The molecule has 190 valence electrons. The molecule has 2 aromatic rings. The van der Waals surface area contributed by atoms with E-state index in [9.17, 15) is 26.3 Å². The number of hydrogen-bond donors (Lipinski definition) is 3. The molecule has 3 N–H and O–H groups in total. The first-order chi connectivity index (χ1) is 15.8. The summed E-state index contributed by atoms with van der Waals surface area (Å²) < 4.78 is 63.5. The maximum atomic E-state index is 10.6. The van der Waals surface area contributed by atoms with Gasteiger partial charge < -0.3 is 10.2 Å². The lowest BCUT2D eigenvalue weighted by Crippen LogP contribution is -2.39. The van der Waals surface area contributed by atoms with E-state index in [1.54, 1.807) is 0 Å². The van der Waals surface area contributed by atoms with Crippen molar-refractivity contribution in [3.05, 3.63) is 48.0 Å². The molecule has 0 radical (unpaired) electrons. The van der Waals surface area contributed by atoms with E-state index >= 15 is 0 Å². The number of aryl methyl sites for hydroxylation is 1. The van der Waals surface area contributed by atoms with Gasteiger partial charge in [0, 0.05) is 36.4 Å². The SMILES string of the molecule is O=C(O)C(F)(F)F.O=C(O)C(F)(F)F.c1ccc(CCC2CCCCN2Cc2ccn[nH]2)nc1. The van der Waals surface area contributed by atoms with Crippen LogP contribution in [0.3, 0.4) is 0 Å². The third kappa shape index (κ3) is 11.6. The summed E-state index contributed by atoms with van der Waals surface area (Å²) >= 11 is 0. The predicted octanol–water partition coefficient (Wildman–Crippen LogP) is 4.06. The van der Waals surface area contributed by atoms with E-state index in [2.05, 4.69) is 38.3 Å². The number of piperidine rings is 1. The van der Waals surface area contributed by atoms with Crippen molar-refractivity contribution >= 4 is 11.9 Å². The van der Waals surface area contributed by atoms with Crippen molar-refractivity contribution in [1.29, 1.82) is 0 Å². The van der Waals surface area contributed by atoms with E-state index < -0.39 is 24.3 Å². The zero-order valence-electron chi connectivity index (χ0n) is 17.8. The third-order valence-electron chi connectivity index (χ3n) is 4.63. The first-order valence-corrected chi connectivity index (χ1v) is 10.0. The molecular formula is C20H24F6N4O4. The van der Waals surface area contributed by atoms with Crippen molar-refractivity contribution in [2.75, 3.05) is 6.54 Å². The second-order valence-corrected chi connectivity index (χ2v) is 7.17. The van der Waals surface area contributed by atoms with Crippen molar-refractivity contribution in [3.63, 3.8) is 0 Å². The Bertz CT molecular complexity index is 836. The van der Waals surface area contributed by atoms with Crippen LogP contribution in [0.5, 0.6) is 0 Å². The Balaban J connectivity index is 0.000000343. The molecule has 3 rings (SSSR count). The van der Waals surface area contributed by atoms with Crippen LogP contribution in [0.15, 0.2) is 36.7 Å². The Morgan fingerprint density at radius 2 is 1.62 bits per heavy atom. The maximum absolute atomic E-state index is 10.6. The number of nitrogens with zero attached hydrogens (tertiary/aromatic N) is 3. The fraction of sp³-hybridized carbons (Fsp3) is 0.500. The second kappa shape index (κ2) is 13.5. The molecule has 8 nitrogen and oxygen atoms in total. The van der Waals surface area contributed by atoms with Crippen LogP contribution in [0.1, 0.15) is 37.1 Å². The number of H-pyrrole nitrogens is 1. The number of aromatic amines is 1. The molecular weight excluding hydrogens is 474 g/mol. The van der Waals surface area contributed by atoms with E-state index in [4.69, 9.17) is 19.8 Å². The number of alkyl halides is 6. The van der Waals surface area contributed by atoms with Gasteiger partial charge in [0.05, 0.1) is 0 Å². The van der Waals surface area contributed by atoms with Crippen LogP contribution in [0.4, 0.5) is 26.3 Å². The lowest BCUT2D eigenvalue weighted by molar-refractivity contribution is -0.193. The Labute approximate surface area is 190 Å². The fourth-order valence-electron chi connectivity index (χ4n) is 3.05. The predicted molar refractivity (Wildman–Crippen MR) is 107 cm³/mol. The molecule has 1 aliphatic rings. The van der Waals surface area contributed by atoms with E-state index in [0.717, 1.165) is 13.0 Å². The fourth-order valence-corrected chi connectivity index (χ4v) is 3.05. The lowest BCUT2D eigenvalue weighted by Gasteiger charge is -2.35. The smallest absolute Gasteiger partial charge is 0.475 e. The van der Waals surface area contributed by atoms with E-state index in [-0.39, 0.29) is 0 Å². The van der Waals surface area contributed by atoms with Gasteiger partial charge in [0.15, 0.2) is 0 Å². The molecule has 1 atom stereocenters. The van der Waals surface area contributed by atoms with Gasteiger partial charge in [0.2, 0.25) is 0 Å². The van der Waals surface area contributed by atoms with Crippen LogP contribution in [0.2, 0.25) is 0 Å². The van der Waals surface area contributed by atoms with Gasteiger partial charge in [-0.3, -0.25) is 15.0 Å². The van der Waals surface area contributed by atoms with Crippen molar-refractivity contribution in [2.45, 2.75) is 57.0 Å². The molecule has 0 bridgehead atoms. The summed E-state index contributed by atoms with van der Waals surface area (Å²) in [6.07, 6.45) is -0.196. The Kier molecular flexibility index (Phi) is 11.5. The number of carboxylic acids is 2. The zero-order valence-corrected chi connectivity index (χ0v) is 17.8. The summed E-state index contributed by atoms with van der Waals surface area (Å²) in [4.78, 5) is 24.8. The minimum atomic E-state index is -5.08. The molecule has 0 spiro atoms. The van der Waals surface area contributed by atoms with Crippen molar-refractivity contribution in [1.82, 2.24) is 20.1 Å². The van der Waals surface area contributed by atoms with Gasteiger partial charge in [0.25, 0.3) is 0 Å². The average Bonchev–Trinajstić information content (AvgIpc) is 3.26. The van der Waals surface area contributed by atoms with Crippen LogP contribution in [0.25, 0.3) is 0 Å². The molecule has 2 aromatic heterocycles. The summed E-state index contributed by atoms with van der Waals surface area (Å²) in [5, 5.41) is 21.4. The highest BCUT2D eigenvalue weighted by molar-refractivity contribution is 5.73. The van der Waals surface area contributed by atoms with Crippen LogP contribution >= 0.6 is 0 Å². The van der Waals surface area contributed by atoms with Crippen LogP contribution < -0.4 is 0 Å². The molecule has 0 saturated carbocycles. The monoisotopic (exact) mass is 498 g/mol. The van der Waals surface area contributed by atoms with E-state index in [1.165, 1.54) is 43.6 Å². The number of nitrogens with one attached hydrogen (secondary N) is 1. The number of aliphatic carboxylic acids is 2. The quantitative estimate of drug-likeness (QED) is 0.532. The van der Waals surface area contributed by atoms with Gasteiger partial charge in [-0.2, -0.15) is 31.4 Å². The number of carbonyl (C=O) groups is 2. The topological polar surface area (TPSA) is 119 Å². The molecule has 1 unspecified atom stereocenters. The lowest BCUT2D eigenvalue weighted by atomic mass is 9.97. The minimum absolute atomic E-state index is 0.675. The van der Waals surface area contributed by atoms with Gasteiger partial charge in [-0.05, 0) is 50.4 Å². The van der Waals surface area contributed by atoms with Crippen LogP contribution in [0, 0.1) is 0 Å². The van der Waals surface area contributed by atoms with Gasteiger partial charge >= 0.3 is 24.3 Å².